The Balaban J connectivity index is 1.58. The molecule has 7 heteroatoms. The van der Waals surface area contributed by atoms with Crippen LogP contribution in [0.5, 0.6) is 11.5 Å². The smallest absolute Gasteiger partial charge is 0.246 e. The van der Waals surface area contributed by atoms with Crippen LogP contribution in [0.1, 0.15) is 25.0 Å². The Labute approximate surface area is 194 Å². The molecule has 172 valence electrons. The van der Waals surface area contributed by atoms with Crippen molar-refractivity contribution in [3.8, 4) is 17.6 Å². The minimum Gasteiger partial charge on any atom is -0.493 e. The summed E-state index contributed by atoms with van der Waals surface area (Å²) in [5.41, 5.74) is 1.15. The minimum atomic E-state index is -0.616. The number of hydrogen-bond acceptors (Lipinski definition) is 5. The highest BCUT2D eigenvalue weighted by molar-refractivity contribution is 5.92. The van der Waals surface area contributed by atoms with Gasteiger partial charge in [-0.2, -0.15) is 5.26 Å². The highest BCUT2D eigenvalue weighted by Crippen LogP contribution is 2.29. The zero-order valence-electron chi connectivity index (χ0n) is 19.3. The molecular formula is C26H29N3O4. The first-order chi connectivity index (χ1) is 15.9. The summed E-state index contributed by atoms with van der Waals surface area (Å²) in [6.45, 7) is 5.81. The monoisotopic (exact) mass is 447 g/mol. The van der Waals surface area contributed by atoms with Crippen LogP contribution in [-0.4, -0.2) is 61.5 Å². The molecule has 0 N–H and O–H groups in total. The second-order valence-electron chi connectivity index (χ2n) is 8.30. The van der Waals surface area contributed by atoms with Crippen LogP contribution < -0.4 is 9.47 Å². The molecule has 0 radical (unpaired) electrons. The van der Waals surface area contributed by atoms with Gasteiger partial charge in [0.2, 0.25) is 11.8 Å². The number of nitriles is 1. The number of benzene rings is 2. The number of carbonyl (C=O) groups is 2. The summed E-state index contributed by atoms with van der Waals surface area (Å²) in [5.74, 6) is 0.935. The lowest BCUT2D eigenvalue weighted by Gasteiger charge is -2.38. The highest BCUT2D eigenvalue weighted by atomic mass is 16.5. The highest BCUT2D eigenvalue weighted by Gasteiger charge is 2.35. The number of ether oxygens (including phenoxy) is 2. The van der Waals surface area contributed by atoms with Crippen LogP contribution in [0.2, 0.25) is 0 Å². The number of hydrogen-bond donors (Lipinski definition) is 0. The molecule has 0 aliphatic carbocycles. The maximum Gasteiger partial charge on any atom is 0.246 e. The molecule has 0 saturated carbocycles. The molecule has 33 heavy (non-hydrogen) atoms. The van der Waals surface area contributed by atoms with Gasteiger partial charge in [0.05, 0.1) is 12.5 Å². The number of amides is 2. The Morgan fingerprint density at radius 3 is 2.33 bits per heavy atom. The van der Waals surface area contributed by atoms with E-state index < -0.39 is 5.41 Å². The number of rotatable bonds is 7. The summed E-state index contributed by atoms with van der Waals surface area (Å²) < 4.78 is 10.6. The average Bonchev–Trinajstić information content (AvgIpc) is 2.86. The van der Waals surface area contributed by atoms with E-state index in [0.717, 1.165) is 11.1 Å². The molecule has 1 heterocycles. The van der Waals surface area contributed by atoms with Crippen LogP contribution in [0.4, 0.5) is 0 Å². The first kappa shape index (κ1) is 23.9. The zero-order chi connectivity index (χ0) is 23.8. The molecule has 0 spiro atoms. The molecule has 2 amide bonds. The largest absolute Gasteiger partial charge is 0.493 e. The average molecular weight is 448 g/mol. The Morgan fingerprint density at radius 2 is 1.70 bits per heavy atom. The fraction of sp³-hybridized carbons (Fsp3) is 0.346. The molecule has 0 atom stereocenters. The van der Waals surface area contributed by atoms with Crippen LogP contribution in [0.25, 0.3) is 6.08 Å². The summed E-state index contributed by atoms with van der Waals surface area (Å²) in [7, 11) is 1.52. The van der Waals surface area contributed by atoms with E-state index in [2.05, 4.69) is 0 Å². The lowest BCUT2D eigenvalue weighted by molar-refractivity contribution is -0.141. The molecule has 1 aliphatic rings. The van der Waals surface area contributed by atoms with E-state index in [-0.39, 0.29) is 18.4 Å². The van der Waals surface area contributed by atoms with E-state index in [1.54, 1.807) is 29.2 Å². The summed E-state index contributed by atoms with van der Waals surface area (Å²) >= 11 is 0. The van der Waals surface area contributed by atoms with Gasteiger partial charge in [0.25, 0.3) is 0 Å². The van der Waals surface area contributed by atoms with Crippen LogP contribution in [0.3, 0.4) is 0 Å². The number of nitrogens with zero attached hydrogens (tertiary/aromatic N) is 3. The molecule has 0 bridgehead atoms. The van der Waals surface area contributed by atoms with Crippen molar-refractivity contribution in [1.82, 2.24) is 9.80 Å². The number of piperazine rings is 1. The van der Waals surface area contributed by atoms with Crippen LogP contribution in [0.15, 0.2) is 54.6 Å². The molecule has 0 unspecified atom stereocenters. The molecule has 7 nitrogen and oxygen atoms in total. The van der Waals surface area contributed by atoms with Crippen molar-refractivity contribution in [2.45, 2.75) is 19.3 Å². The summed E-state index contributed by atoms with van der Waals surface area (Å²) in [6.07, 6.45) is 3.24. The predicted octanol–water partition coefficient (Wildman–Crippen LogP) is 3.26. The van der Waals surface area contributed by atoms with Gasteiger partial charge in [-0.05, 0) is 43.2 Å². The van der Waals surface area contributed by atoms with Gasteiger partial charge in [0.15, 0.2) is 18.1 Å². The summed E-state index contributed by atoms with van der Waals surface area (Å²) in [6, 6.07) is 16.9. The quantitative estimate of drug-likeness (QED) is 0.609. The van der Waals surface area contributed by atoms with E-state index in [1.165, 1.54) is 13.2 Å². The minimum absolute atomic E-state index is 0.0684. The lowest BCUT2D eigenvalue weighted by atomic mass is 9.83. The van der Waals surface area contributed by atoms with Crippen molar-refractivity contribution in [2.75, 3.05) is 39.9 Å². The Morgan fingerprint density at radius 1 is 1.03 bits per heavy atom. The van der Waals surface area contributed by atoms with Crippen molar-refractivity contribution in [3.05, 3.63) is 65.7 Å². The van der Waals surface area contributed by atoms with Crippen LogP contribution >= 0.6 is 0 Å². The Hall–Kier alpha value is -3.79. The van der Waals surface area contributed by atoms with Gasteiger partial charge in [0.1, 0.15) is 6.07 Å². The second-order valence-corrected chi connectivity index (χ2v) is 8.30. The van der Waals surface area contributed by atoms with E-state index in [1.807, 2.05) is 55.1 Å². The predicted molar refractivity (Wildman–Crippen MR) is 126 cm³/mol. The van der Waals surface area contributed by atoms with E-state index in [0.29, 0.717) is 37.7 Å². The SMILES string of the molecule is COc1cc(/C=C/C(=O)N2CCN(C(=O)C(C)(C)c3ccccc3)CC2)ccc1OCC#N. The van der Waals surface area contributed by atoms with Crippen LogP contribution in [-0.2, 0) is 15.0 Å². The first-order valence-electron chi connectivity index (χ1n) is 10.9. The molecule has 2 aromatic rings. The van der Waals surface area contributed by atoms with Gasteiger partial charge in [-0.1, -0.05) is 36.4 Å². The maximum absolute atomic E-state index is 13.1. The third-order valence-electron chi connectivity index (χ3n) is 5.81. The van der Waals surface area contributed by atoms with E-state index in [4.69, 9.17) is 14.7 Å². The summed E-state index contributed by atoms with van der Waals surface area (Å²) in [4.78, 5) is 29.4. The fourth-order valence-corrected chi connectivity index (χ4v) is 3.79. The fourth-order valence-electron chi connectivity index (χ4n) is 3.79. The number of methoxy groups -OCH3 is 1. The maximum atomic E-state index is 13.1. The molecule has 1 fully saturated rings. The topological polar surface area (TPSA) is 82.9 Å². The number of carbonyl (C=O) groups excluding carboxylic acids is 2. The Kier molecular flexibility index (Phi) is 7.73. The van der Waals surface area contributed by atoms with Crippen molar-refractivity contribution >= 4 is 17.9 Å². The normalized spacial score (nSPS) is 14.1. The van der Waals surface area contributed by atoms with Gasteiger partial charge in [-0.15, -0.1) is 0 Å². The molecule has 3 rings (SSSR count). The Bertz CT molecular complexity index is 1050. The van der Waals surface area contributed by atoms with Crippen molar-refractivity contribution < 1.29 is 19.1 Å². The van der Waals surface area contributed by atoms with Crippen LogP contribution in [0, 0.1) is 11.3 Å². The van der Waals surface area contributed by atoms with E-state index in [9.17, 15) is 9.59 Å². The second kappa shape index (κ2) is 10.7. The van der Waals surface area contributed by atoms with Crippen molar-refractivity contribution in [3.63, 3.8) is 0 Å². The first-order valence-corrected chi connectivity index (χ1v) is 10.9. The third kappa shape index (κ3) is 5.72. The molecule has 2 aromatic carbocycles. The van der Waals surface area contributed by atoms with Gasteiger partial charge < -0.3 is 19.3 Å². The van der Waals surface area contributed by atoms with E-state index >= 15 is 0 Å². The summed E-state index contributed by atoms with van der Waals surface area (Å²) in [5, 5.41) is 8.66. The zero-order valence-corrected chi connectivity index (χ0v) is 19.3. The third-order valence-corrected chi connectivity index (χ3v) is 5.81. The van der Waals surface area contributed by atoms with Gasteiger partial charge >= 0.3 is 0 Å². The van der Waals surface area contributed by atoms with Gasteiger partial charge in [-0.25, -0.2) is 0 Å². The van der Waals surface area contributed by atoms with Gasteiger partial charge in [-0.3, -0.25) is 9.59 Å². The molecule has 1 saturated heterocycles. The molecular weight excluding hydrogens is 418 g/mol. The molecule has 0 aromatic heterocycles. The standard InChI is InChI=1S/C26H29N3O4/c1-26(2,21-7-5-4-6-8-21)25(31)29-16-14-28(15-17-29)24(30)12-10-20-9-11-22(33-18-13-27)23(19-20)32-3/h4-12,19H,14-18H2,1-3H3/b12-10+. The van der Waals surface area contributed by atoms with Crippen molar-refractivity contribution in [1.29, 1.82) is 5.26 Å². The van der Waals surface area contributed by atoms with Crippen molar-refractivity contribution in [2.24, 2.45) is 0 Å². The molecule has 1 aliphatic heterocycles. The lowest BCUT2D eigenvalue weighted by Crippen LogP contribution is -2.54. The van der Waals surface area contributed by atoms with Gasteiger partial charge in [0, 0.05) is 32.3 Å².